The lowest BCUT2D eigenvalue weighted by Crippen LogP contribution is -2.32. The molecule has 1 saturated carbocycles. The lowest BCUT2D eigenvalue weighted by atomic mass is 10.1. The first-order valence-electron chi connectivity index (χ1n) is 8.40. The summed E-state index contributed by atoms with van der Waals surface area (Å²) in [5.41, 5.74) is 1.79. The maximum atomic E-state index is 14.4. The van der Waals surface area contributed by atoms with E-state index >= 15 is 0 Å². The van der Waals surface area contributed by atoms with E-state index in [0.717, 1.165) is 30.8 Å². The fraction of sp³-hybridized carbons (Fsp3) is 0.667. The van der Waals surface area contributed by atoms with Gasteiger partial charge in [-0.2, -0.15) is 0 Å². The number of hydrogen-bond donors (Lipinski definition) is 1. The van der Waals surface area contributed by atoms with E-state index in [-0.39, 0.29) is 5.82 Å². The predicted octanol–water partition coefficient (Wildman–Crippen LogP) is 4.48. The third-order valence-electron chi connectivity index (χ3n) is 4.12. The van der Waals surface area contributed by atoms with Crippen LogP contribution in [0.15, 0.2) is 18.2 Å². The van der Waals surface area contributed by atoms with E-state index in [0.29, 0.717) is 12.1 Å². The SMILES string of the molecule is CCCCCN(c1ccc(CNC2CC2)cc1F)C(C)C. The van der Waals surface area contributed by atoms with Crippen molar-refractivity contribution in [3.63, 3.8) is 0 Å². The molecule has 2 rings (SSSR count). The molecule has 0 amide bonds. The van der Waals surface area contributed by atoms with Crippen molar-refractivity contribution in [1.29, 1.82) is 0 Å². The van der Waals surface area contributed by atoms with Gasteiger partial charge in [-0.1, -0.05) is 25.8 Å². The van der Waals surface area contributed by atoms with Crippen molar-refractivity contribution in [2.75, 3.05) is 11.4 Å². The van der Waals surface area contributed by atoms with Gasteiger partial charge in [0.25, 0.3) is 0 Å². The minimum atomic E-state index is -0.0877. The van der Waals surface area contributed by atoms with Gasteiger partial charge in [0.15, 0.2) is 0 Å². The molecule has 0 spiro atoms. The number of unbranched alkanes of at least 4 members (excludes halogenated alkanes) is 2. The molecule has 0 atom stereocenters. The minimum absolute atomic E-state index is 0.0877. The highest BCUT2D eigenvalue weighted by Crippen LogP contribution is 2.24. The highest BCUT2D eigenvalue weighted by atomic mass is 19.1. The van der Waals surface area contributed by atoms with Crippen LogP contribution in [-0.4, -0.2) is 18.6 Å². The van der Waals surface area contributed by atoms with Crippen molar-refractivity contribution >= 4 is 5.69 Å². The van der Waals surface area contributed by atoms with Crippen molar-refractivity contribution in [2.24, 2.45) is 0 Å². The van der Waals surface area contributed by atoms with Gasteiger partial charge in [-0.3, -0.25) is 0 Å². The molecule has 21 heavy (non-hydrogen) atoms. The normalized spacial score (nSPS) is 14.7. The van der Waals surface area contributed by atoms with E-state index in [1.54, 1.807) is 6.07 Å². The largest absolute Gasteiger partial charge is 0.367 e. The van der Waals surface area contributed by atoms with Crippen LogP contribution in [0.4, 0.5) is 10.1 Å². The molecule has 0 unspecified atom stereocenters. The predicted molar refractivity (Wildman–Crippen MR) is 88.3 cm³/mol. The van der Waals surface area contributed by atoms with Gasteiger partial charge in [0, 0.05) is 25.2 Å². The molecule has 1 aliphatic carbocycles. The molecule has 1 fully saturated rings. The average Bonchev–Trinajstić information content (AvgIpc) is 3.26. The van der Waals surface area contributed by atoms with E-state index in [4.69, 9.17) is 0 Å². The third-order valence-corrected chi connectivity index (χ3v) is 4.12. The maximum Gasteiger partial charge on any atom is 0.146 e. The molecule has 2 nitrogen and oxygen atoms in total. The van der Waals surface area contributed by atoms with Crippen LogP contribution in [0.5, 0.6) is 0 Å². The number of hydrogen-bond acceptors (Lipinski definition) is 2. The highest BCUT2D eigenvalue weighted by molar-refractivity contribution is 5.50. The van der Waals surface area contributed by atoms with E-state index in [9.17, 15) is 4.39 Å². The summed E-state index contributed by atoms with van der Waals surface area (Å²) < 4.78 is 14.4. The second-order valence-electron chi connectivity index (χ2n) is 6.44. The third kappa shape index (κ3) is 4.99. The van der Waals surface area contributed by atoms with Crippen LogP contribution >= 0.6 is 0 Å². The Morgan fingerprint density at radius 1 is 1.29 bits per heavy atom. The van der Waals surface area contributed by atoms with E-state index < -0.39 is 0 Å². The summed E-state index contributed by atoms with van der Waals surface area (Å²) in [6.07, 6.45) is 6.05. The topological polar surface area (TPSA) is 15.3 Å². The van der Waals surface area contributed by atoms with E-state index in [1.165, 1.54) is 25.7 Å². The van der Waals surface area contributed by atoms with Crippen molar-refractivity contribution < 1.29 is 4.39 Å². The van der Waals surface area contributed by atoms with E-state index in [1.807, 2.05) is 6.07 Å². The Morgan fingerprint density at radius 2 is 2.05 bits per heavy atom. The quantitative estimate of drug-likeness (QED) is 0.675. The molecule has 1 N–H and O–H groups in total. The number of anilines is 1. The Balaban J connectivity index is 2.01. The molecule has 3 heteroatoms. The van der Waals surface area contributed by atoms with Crippen molar-refractivity contribution in [3.8, 4) is 0 Å². The zero-order chi connectivity index (χ0) is 15.2. The Kier molecular flexibility index (Phi) is 6.04. The van der Waals surface area contributed by atoms with Gasteiger partial charge in [-0.05, 0) is 50.8 Å². The molecule has 118 valence electrons. The maximum absolute atomic E-state index is 14.4. The Morgan fingerprint density at radius 3 is 2.62 bits per heavy atom. The highest BCUT2D eigenvalue weighted by Gasteiger charge is 2.20. The van der Waals surface area contributed by atoms with Crippen LogP contribution in [0.3, 0.4) is 0 Å². The second-order valence-corrected chi connectivity index (χ2v) is 6.44. The van der Waals surface area contributed by atoms with E-state index in [2.05, 4.69) is 37.1 Å². The average molecular weight is 292 g/mol. The molecule has 0 radical (unpaired) electrons. The first-order valence-corrected chi connectivity index (χ1v) is 8.40. The summed E-state index contributed by atoms with van der Waals surface area (Å²) in [5.74, 6) is -0.0877. The molecular weight excluding hydrogens is 263 g/mol. The van der Waals surface area contributed by atoms with Gasteiger partial charge in [0.2, 0.25) is 0 Å². The summed E-state index contributed by atoms with van der Waals surface area (Å²) in [7, 11) is 0. The first-order chi connectivity index (χ1) is 10.1. The lowest BCUT2D eigenvalue weighted by Gasteiger charge is -2.29. The molecule has 1 aromatic rings. The van der Waals surface area contributed by atoms with Crippen LogP contribution < -0.4 is 10.2 Å². The Bertz CT molecular complexity index is 441. The summed E-state index contributed by atoms with van der Waals surface area (Å²) in [5, 5.41) is 3.43. The Labute approximate surface area is 128 Å². The number of nitrogens with zero attached hydrogens (tertiary/aromatic N) is 1. The molecule has 1 aromatic carbocycles. The molecule has 0 saturated heterocycles. The number of nitrogens with one attached hydrogen (secondary N) is 1. The van der Waals surface area contributed by atoms with Crippen molar-refractivity contribution in [2.45, 2.75) is 71.5 Å². The van der Waals surface area contributed by atoms with Gasteiger partial charge in [-0.25, -0.2) is 4.39 Å². The second kappa shape index (κ2) is 7.79. The first kappa shape index (κ1) is 16.3. The number of halogens is 1. The molecule has 0 heterocycles. The van der Waals surface area contributed by atoms with Gasteiger partial charge < -0.3 is 10.2 Å². The van der Waals surface area contributed by atoms with Crippen molar-refractivity contribution in [1.82, 2.24) is 5.32 Å². The van der Waals surface area contributed by atoms with Crippen LogP contribution in [0.2, 0.25) is 0 Å². The monoisotopic (exact) mass is 292 g/mol. The Hall–Kier alpha value is -1.09. The summed E-state index contributed by atoms with van der Waals surface area (Å²) in [6.45, 7) is 8.17. The molecular formula is C18H29FN2. The fourth-order valence-corrected chi connectivity index (χ4v) is 2.63. The zero-order valence-electron chi connectivity index (χ0n) is 13.7. The van der Waals surface area contributed by atoms with Gasteiger partial charge in [0.1, 0.15) is 5.82 Å². The molecule has 0 aromatic heterocycles. The van der Waals surface area contributed by atoms with Gasteiger partial charge >= 0.3 is 0 Å². The zero-order valence-corrected chi connectivity index (χ0v) is 13.7. The van der Waals surface area contributed by atoms with Gasteiger partial charge in [0.05, 0.1) is 5.69 Å². The van der Waals surface area contributed by atoms with Crippen LogP contribution in [0, 0.1) is 5.82 Å². The molecule has 0 bridgehead atoms. The summed E-state index contributed by atoms with van der Waals surface area (Å²) in [6, 6.07) is 6.69. The summed E-state index contributed by atoms with van der Waals surface area (Å²) in [4.78, 5) is 2.18. The van der Waals surface area contributed by atoms with Crippen LogP contribution in [0.1, 0.15) is 58.4 Å². The molecule has 1 aliphatic rings. The summed E-state index contributed by atoms with van der Waals surface area (Å²) >= 11 is 0. The van der Waals surface area contributed by atoms with Crippen LogP contribution in [-0.2, 0) is 6.54 Å². The fourth-order valence-electron chi connectivity index (χ4n) is 2.63. The van der Waals surface area contributed by atoms with Crippen molar-refractivity contribution in [3.05, 3.63) is 29.6 Å². The molecule has 0 aliphatic heterocycles. The number of benzene rings is 1. The standard InChI is InChI=1S/C18H29FN2/c1-4-5-6-11-21(14(2)3)18-10-7-15(12-17(18)19)13-20-16-8-9-16/h7,10,12,14,16,20H,4-6,8-9,11,13H2,1-3H3. The smallest absolute Gasteiger partial charge is 0.146 e. The van der Waals surface area contributed by atoms with Crippen LogP contribution in [0.25, 0.3) is 0 Å². The lowest BCUT2D eigenvalue weighted by molar-refractivity contribution is 0.580. The minimum Gasteiger partial charge on any atom is -0.367 e. The number of rotatable bonds is 9. The van der Waals surface area contributed by atoms with Gasteiger partial charge in [-0.15, -0.1) is 0 Å².